The van der Waals surface area contributed by atoms with Gasteiger partial charge in [-0.3, -0.25) is 9.69 Å². The summed E-state index contributed by atoms with van der Waals surface area (Å²) in [5.74, 6) is 0.730. The number of rotatable bonds is 3. The third-order valence-electron chi connectivity index (χ3n) is 4.29. The molecule has 5 nitrogen and oxygen atoms in total. The Labute approximate surface area is 137 Å². The van der Waals surface area contributed by atoms with Gasteiger partial charge in [0.25, 0.3) is 5.91 Å². The summed E-state index contributed by atoms with van der Waals surface area (Å²) in [6.07, 6.45) is 5.54. The van der Waals surface area contributed by atoms with Gasteiger partial charge in [-0.05, 0) is 18.9 Å². The van der Waals surface area contributed by atoms with E-state index in [9.17, 15) is 4.79 Å². The van der Waals surface area contributed by atoms with Gasteiger partial charge in [-0.15, -0.1) is 24.8 Å². The van der Waals surface area contributed by atoms with Crippen LogP contribution in [-0.2, 0) is 6.54 Å². The summed E-state index contributed by atoms with van der Waals surface area (Å²) in [5.41, 5.74) is 6.11. The molecule has 1 saturated carbocycles. The highest BCUT2D eigenvalue weighted by atomic mass is 35.5. The van der Waals surface area contributed by atoms with E-state index >= 15 is 0 Å². The minimum Gasteiger partial charge on any atom is -0.467 e. The number of carbonyl (C=O) groups excluding carboxylic acids is 1. The standard InChI is InChI=1S/C14H21N3O2.2ClH/c15-9-13-8-11(10-19-13)14(18)17-6-4-16(5-7-17)12-2-1-3-12;;/h8,10,12H,1-7,9,15H2;2*1H. The first-order valence-corrected chi connectivity index (χ1v) is 7.08. The van der Waals surface area contributed by atoms with E-state index in [0.29, 0.717) is 17.9 Å². The van der Waals surface area contributed by atoms with E-state index in [0.717, 1.165) is 32.2 Å². The molecule has 1 aliphatic carbocycles. The molecule has 3 rings (SSSR count). The molecule has 0 bridgehead atoms. The number of nitrogens with zero attached hydrogens (tertiary/aromatic N) is 2. The molecular formula is C14H23Cl2N3O2. The molecule has 1 amide bonds. The normalized spacial score (nSPS) is 19.4. The van der Waals surface area contributed by atoms with Gasteiger partial charge in [0.1, 0.15) is 12.0 Å². The van der Waals surface area contributed by atoms with Crippen molar-refractivity contribution in [2.45, 2.75) is 31.8 Å². The number of amides is 1. The van der Waals surface area contributed by atoms with Crippen LogP contribution in [0.1, 0.15) is 35.4 Å². The van der Waals surface area contributed by atoms with Crippen molar-refractivity contribution in [1.82, 2.24) is 9.80 Å². The third kappa shape index (κ3) is 3.92. The summed E-state index contributed by atoms with van der Waals surface area (Å²) < 4.78 is 5.23. The van der Waals surface area contributed by atoms with Crippen LogP contribution in [0.3, 0.4) is 0 Å². The van der Waals surface area contributed by atoms with Crippen LogP contribution in [0.4, 0.5) is 0 Å². The average Bonchev–Trinajstić information content (AvgIpc) is 2.85. The van der Waals surface area contributed by atoms with E-state index in [1.54, 1.807) is 6.07 Å². The van der Waals surface area contributed by atoms with Crippen molar-refractivity contribution in [3.05, 3.63) is 23.7 Å². The smallest absolute Gasteiger partial charge is 0.257 e. The lowest BCUT2D eigenvalue weighted by molar-refractivity contribution is 0.0455. The van der Waals surface area contributed by atoms with Gasteiger partial charge < -0.3 is 15.1 Å². The first kappa shape index (κ1) is 18.3. The Hall–Kier alpha value is -0.750. The number of nitrogens with two attached hydrogens (primary N) is 1. The quantitative estimate of drug-likeness (QED) is 0.916. The minimum absolute atomic E-state index is 0. The molecule has 1 aliphatic heterocycles. The Morgan fingerprint density at radius 3 is 2.38 bits per heavy atom. The highest BCUT2D eigenvalue weighted by molar-refractivity contribution is 5.94. The fourth-order valence-electron chi connectivity index (χ4n) is 2.82. The van der Waals surface area contributed by atoms with Crippen LogP contribution in [0.25, 0.3) is 0 Å². The Morgan fingerprint density at radius 1 is 1.24 bits per heavy atom. The van der Waals surface area contributed by atoms with Crippen molar-refractivity contribution in [2.24, 2.45) is 5.73 Å². The van der Waals surface area contributed by atoms with Gasteiger partial charge in [-0.1, -0.05) is 6.42 Å². The topological polar surface area (TPSA) is 62.7 Å². The lowest BCUT2D eigenvalue weighted by Crippen LogP contribution is -2.53. The van der Waals surface area contributed by atoms with Crippen LogP contribution in [0, 0.1) is 0 Å². The average molecular weight is 336 g/mol. The van der Waals surface area contributed by atoms with Crippen molar-refractivity contribution in [3.8, 4) is 0 Å². The summed E-state index contributed by atoms with van der Waals surface area (Å²) in [6, 6.07) is 2.52. The van der Waals surface area contributed by atoms with Crippen LogP contribution < -0.4 is 5.73 Å². The number of carbonyl (C=O) groups is 1. The second-order valence-electron chi connectivity index (χ2n) is 5.42. The highest BCUT2D eigenvalue weighted by Crippen LogP contribution is 2.25. The Balaban J connectivity index is 0.00000110. The molecule has 2 heterocycles. The van der Waals surface area contributed by atoms with Crippen molar-refractivity contribution in [1.29, 1.82) is 0 Å². The fourth-order valence-corrected chi connectivity index (χ4v) is 2.82. The zero-order valence-electron chi connectivity index (χ0n) is 12.0. The lowest BCUT2D eigenvalue weighted by atomic mass is 9.91. The van der Waals surface area contributed by atoms with Crippen molar-refractivity contribution < 1.29 is 9.21 Å². The first-order chi connectivity index (χ1) is 9.28. The summed E-state index contributed by atoms with van der Waals surface area (Å²) in [6.45, 7) is 3.97. The van der Waals surface area contributed by atoms with E-state index in [4.69, 9.17) is 10.2 Å². The predicted octanol–water partition coefficient (Wildman–Crippen LogP) is 1.89. The van der Waals surface area contributed by atoms with Crippen molar-refractivity contribution in [3.63, 3.8) is 0 Å². The van der Waals surface area contributed by atoms with Gasteiger partial charge >= 0.3 is 0 Å². The summed E-state index contributed by atoms with van der Waals surface area (Å²) >= 11 is 0. The lowest BCUT2D eigenvalue weighted by Gasteiger charge is -2.42. The molecule has 0 spiro atoms. The van der Waals surface area contributed by atoms with E-state index < -0.39 is 0 Å². The maximum absolute atomic E-state index is 12.3. The molecule has 21 heavy (non-hydrogen) atoms. The van der Waals surface area contributed by atoms with Crippen LogP contribution in [-0.4, -0.2) is 47.9 Å². The highest BCUT2D eigenvalue weighted by Gasteiger charge is 2.29. The number of piperazine rings is 1. The summed E-state index contributed by atoms with van der Waals surface area (Å²) in [4.78, 5) is 16.7. The van der Waals surface area contributed by atoms with Crippen LogP contribution in [0.5, 0.6) is 0 Å². The Kier molecular flexibility index (Phi) is 7.00. The molecule has 2 N–H and O–H groups in total. The van der Waals surface area contributed by atoms with E-state index in [-0.39, 0.29) is 30.7 Å². The molecule has 120 valence electrons. The van der Waals surface area contributed by atoms with Gasteiger partial charge in [-0.2, -0.15) is 0 Å². The third-order valence-corrected chi connectivity index (χ3v) is 4.29. The number of halogens is 2. The van der Waals surface area contributed by atoms with Gasteiger partial charge in [0.2, 0.25) is 0 Å². The Morgan fingerprint density at radius 2 is 1.90 bits per heavy atom. The molecule has 2 aliphatic rings. The molecule has 0 atom stereocenters. The van der Waals surface area contributed by atoms with Gasteiger partial charge in [0, 0.05) is 32.2 Å². The SMILES string of the molecule is Cl.Cl.NCc1cc(C(=O)N2CCN(C3CCC3)CC2)co1. The summed E-state index contributed by atoms with van der Waals surface area (Å²) in [5, 5.41) is 0. The minimum atomic E-state index is 0. The molecule has 2 fully saturated rings. The van der Waals surface area contributed by atoms with Crippen molar-refractivity contribution in [2.75, 3.05) is 26.2 Å². The molecule has 1 aromatic rings. The van der Waals surface area contributed by atoms with Crippen LogP contribution >= 0.6 is 24.8 Å². The van der Waals surface area contributed by atoms with E-state index in [1.165, 1.54) is 25.5 Å². The van der Waals surface area contributed by atoms with Gasteiger partial charge in [0.15, 0.2) is 0 Å². The zero-order valence-corrected chi connectivity index (χ0v) is 13.6. The van der Waals surface area contributed by atoms with E-state index in [2.05, 4.69) is 4.90 Å². The molecule has 7 heteroatoms. The first-order valence-electron chi connectivity index (χ1n) is 7.08. The number of hydrogen-bond acceptors (Lipinski definition) is 4. The molecule has 1 aromatic heterocycles. The second kappa shape index (κ2) is 8.03. The summed E-state index contributed by atoms with van der Waals surface area (Å²) in [7, 11) is 0. The maximum atomic E-state index is 12.3. The Bertz CT molecular complexity index is 455. The fraction of sp³-hybridized carbons (Fsp3) is 0.643. The molecule has 0 radical (unpaired) electrons. The predicted molar refractivity (Wildman–Crippen MR) is 86.2 cm³/mol. The second-order valence-corrected chi connectivity index (χ2v) is 5.42. The molecule has 0 unspecified atom stereocenters. The largest absolute Gasteiger partial charge is 0.467 e. The molecule has 1 saturated heterocycles. The van der Waals surface area contributed by atoms with Crippen LogP contribution in [0.15, 0.2) is 16.7 Å². The molecule has 0 aromatic carbocycles. The zero-order chi connectivity index (χ0) is 13.2. The van der Waals surface area contributed by atoms with Gasteiger partial charge in [0.05, 0.1) is 12.1 Å². The number of hydrogen-bond donors (Lipinski definition) is 1. The van der Waals surface area contributed by atoms with Crippen molar-refractivity contribution >= 4 is 30.7 Å². The monoisotopic (exact) mass is 335 g/mol. The van der Waals surface area contributed by atoms with E-state index in [1.807, 2.05) is 4.90 Å². The maximum Gasteiger partial charge on any atom is 0.257 e. The van der Waals surface area contributed by atoms with Gasteiger partial charge in [-0.25, -0.2) is 0 Å². The number of furan rings is 1. The van der Waals surface area contributed by atoms with Crippen LogP contribution in [0.2, 0.25) is 0 Å². The molecular weight excluding hydrogens is 313 g/mol.